The van der Waals surface area contributed by atoms with Gasteiger partial charge in [0.2, 0.25) is 0 Å². The van der Waals surface area contributed by atoms with Gasteiger partial charge < -0.3 is 10.5 Å². The number of carbonyl (C=O) groups is 2. The predicted octanol–water partition coefficient (Wildman–Crippen LogP) is 3.86. The number of hydrogen-bond donors (Lipinski definition) is 1. The van der Waals surface area contributed by atoms with E-state index in [-0.39, 0.29) is 22.7 Å². The Bertz CT molecular complexity index is 813. The first-order valence-corrected chi connectivity index (χ1v) is 11.0. The molecular formula is C24H31NO3. The van der Waals surface area contributed by atoms with Gasteiger partial charge in [0.15, 0.2) is 5.78 Å². The number of nitrogens with two attached hydrogens (primary N) is 1. The van der Waals surface area contributed by atoms with Gasteiger partial charge in [0.05, 0.1) is 0 Å². The lowest BCUT2D eigenvalue weighted by Crippen LogP contribution is -2.63. The number of allylic oxidation sites excluding steroid dienone is 1. The molecule has 1 aliphatic heterocycles. The second-order valence-corrected chi connectivity index (χ2v) is 9.80. The number of ether oxygens (including phenoxy) is 1. The SMILES string of the molecule is C=CC1CC2=CC(=O)CCC2(N)C2CCC3(CC)C(CCC34C=CC(=O)O4)C12. The zero-order valence-corrected chi connectivity index (χ0v) is 16.8. The summed E-state index contributed by atoms with van der Waals surface area (Å²) in [6, 6.07) is 0. The van der Waals surface area contributed by atoms with Gasteiger partial charge in [0.25, 0.3) is 0 Å². The van der Waals surface area contributed by atoms with E-state index in [2.05, 4.69) is 25.7 Å². The van der Waals surface area contributed by atoms with E-state index in [9.17, 15) is 9.59 Å². The van der Waals surface area contributed by atoms with E-state index in [0.29, 0.717) is 30.1 Å². The Morgan fingerprint density at radius 3 is 2.71 bits per heavy atom. The molecule has 5 aliphatic rings. The minimum absolute atomic E-state index is 0.000149. The molecule has 5 rings (SSSR count). The van der Waals surface area contributed by atoms with Crippen LogP contribution in [-0.4, -0.2) is 22.9 Å². The van der Waals surface area contributed by atoms with Crippen LogP contribution >= 0.6 is 0 Å². The molecule has 28 heavy (non-hydrogen) atoms. The van der Waals surface area contributed by atoms with Crippen LogP contribution in [-0.2, 0) is 14.3 Å². The maximum absolute atomic E-state index is 12.1. The summed E-state index contributed by atoms with van der Waals surface area (Å²) in [5.74, 6) is 1.68. The summed E-state index contributed by atoms with van der Waals surface area (Å²) in [6.45, 7) is 6.43. The maximum atomic E-state index is 12.1. The van der Waals surface area contributed by atoms with E-state index in [1.807, 2.05) is 6.08 Å². The smallest absolute Gasteiger partial charge is 0.331 e. The zero-order chi connectivity index (χ0) is 19.7. The second kappa shape index (κ2) is 5.91. The summed E-state index contributed by atoms with van der Waals surface area (Å²) in [5, 5.41) is 0. The molecule has 3 fully saturated rings. The normalized spacial score (nSPS) is 49.3. The van der Waals surface area contributed by atoms with Crippen LogP contribution < -0.4 is 5.73 Å². The standard InChI is InChI=1S/C24H31NO3/c1-3-15-13-16-14-17(26)5-12-24(16,25)19-6-9-22(4-2)18(21(15)19)7-10-23(22)11-8-20(27)28-23/h3,8,11,14-15,18-19,21H,1,4-7,9-10,12-13,25H2,2H3. The molecule has 4 heteroatoms. The fourth-order valence-corrected chi connectivity index (χ4v) is 8.04. The zero-order valence-electron chi connectivity index (χ0n) is 16.8. The second-order valence-electron chi connectivity index (χ2n) is 9.80. The van der Waals surface area contributed by atoms with Gasteiger partial charge in [-0.15, -0.1) is 6.58 Å². The highest BCUT2D eigenvalue weighted by atomic mass is 16.6. The van der Waals surface area contributed by atoms with E-state index in [4.69, 9.17) is 10.5 Å². The highest BCUT2D eigenvalue weighted by molar-refractivity contribution is 5.92. The van der Waals surface area contributed by atoms with Crippen molar-refractivity contribution in [3.63, 3.8) is 0 Å². The molecule has 1 spiro atoms. The van der Waals surface area contributed by atoms with E-state index >= 15 is 0 Å². The Morgan fingerprint density at radius 2 is 2.04 bits per heavy atom. The highest BCUT2D eigenvalue weighted by Crippen LogP contribution is 2.69. The van der Waals surface area contributed by atoms with Crippen molar-refractivity contribution >= 4 is 11.8 Å². The van der Waals surface area contributed by atoms with Crippen LogP contribution in [0.3, 0.4) is 0 Å². The van der Waals surface area contributed by atoms with Crippen LogP contribution in [0.15, 0.2) is 36.5 Å². The van der Waals surface area contributed by atoms with Crippen LogP contribution in [0.25, 0.3) is 0 Å². The molecule has 0 amide bonds. The van der Waals surface area contributed by atoms with Crippen molar-refractivity contribution in [1.82, 2.24) is 0 Å². The molecular weight excluding hydrogens is 350 g/mol. The van der Waals surface area contributed by atoms with Gasteiger partial charge >= 0.3 is 5.97 Å². The first kappa shape index (κ1) is 18.4. The van der Waals surface area contributed by atoms with Gasteiger partial charge in [-0.05, 0) is 86.3 Å². The van der Waals surface area contributed by atoms with Crippen molar-refractivity contribution in [2.45, 2.75) is 69.4 Å². The van der Waals surface area contributed by atoms with Crippen LogP contribution in [0.5, 0.6) is 0 Å². The Morgan fingerprint density at radius 1 is 1.25 bits per heavy atom. The van der Waals surface area contributed by atoms with Crippen LogP contribution in [0.2, 0.25) is 0 Å². The van der Waals surface area contributed by atoms with Crippen molar-refractivity contribution in [3.05, 3.63) is 36.5 Å². The molecule has 150 valence electrons. The molecule has 0 aromatic rings. The number of rotatable bonds is 2. The van der Waals surface area contributed by atoms with Crippen molar-refractivity contribution in [2.75, 3.05) is 0 Å². The molecule has 2 N–H and O–H groups in total. The number of hydrogen-bond acceptors (Lipinski definition) is 4. The average Bonchev–Trinajstić information content (AvgIpc) is 3.23. The number of ketones is 1. The molecule has 7 unspecified atom stereocenters. The van der Waals surface area contributed by atoms with Crippen molar-refractivity contribution in [1.29, 1.82) is 0 Å². The third-order valence-electron chi connectivity index (χ3n) is 9.24. The monoisotopic (exact) mass is 381 g/mol. The van der Waals surface area contributed by atoms with E-state index in [1.54, 1.807) is 6.08 Å². The first-order valence-electron chi connectivity index (χ1n) is 11.0. The molecule has 4 nitrogen and oxygen atoms in total. The number of carbonyl (C=O) groups excluding carboxylic acids is 2. The summed E-state index contributed by atoms with van der Waals surface area (Å²) in [5.41, 5.74) is 7.45. The highest BCUT2D eigenvalue weighted by Gasteiger charge is 2.68. The topological polar surface area (TPSA) is 69.4 Å². The van der Waals surface area contributed by atoms with Crippen LogP contribution in [0, 0.1) is 29.1 Å². The van der Waals surface area contributed by atoms with Crippen molar-refractivity contribution in [3.8, 4) is 0 Å². The van der Waals surface area contributed by atoms with Crippen molar-refractivity contribution < 1.29 is 14.3 Å². The molecule has 7 atom stereocenters. The summed E-state index contributed by atoms with van der Waals surface area (Å²) in [6.07, 6.45) is 14.9. The molecule has 0 saturated heterocycles. The predicted molar refractivity (Wildman–Crippen MR) is 107 cm³/mol. The molecule has 3 saturated carbocycles. The van der Waals surface area contributed by atoms with Gasteiger partial charge in [0.1, 0.15) is 5.60 Å². The fraction of sp³-hybridized carbons (Fsp3) is 0.667. The van der Waals surface area contributed by atoms with Gasteiger partial charge in [-0.25, -0.2) is 4.79 Å². The maximum Gasteiger partial charge on any atom is 0.331 e. The number of fused-ring (bicyclic) bond motifs is 6. The lowest BCUT2D eigenvalue weighted by molar-refractivity contribution is -0.166. The third kappa shape index (κ3) is 2.10. The third-order valence-corrected chi connectivity index (χ3v) is 9.24. The van der Waals surface area contributed by atoms with Crippen LogP contribution in [0.4, 0.5) is 0 Å². The average molecular weight is 382 g/mol. The van der Waals surface area contributed by atoms with Crippen LogP contribution in [0.1, 0.15) is 58.3 Å². The number of esters is 1. The summed E-state index contributed by atoms with van der Waals surface area (Å²) in [7, 11) is 0. The summed E-state index contributed by atoms with van der Waals surface area (Å²) < 4.78 is 6.00. The quantitative estimate of drug-likeness (QED) is 0.582. The molecule has 0 aromatic heterocycles. The molecule has 0 aromatic carbocycles. The van der Waals surface area contributed by atoms with E-state index in [0.717, 1.165) is 50.5 Å². The summed E-state index contributed by atoms with van der Waals surface area (Å²) >= 11 is 0. The lowest BCUT2D eigenvalue weighted by Gasteiger charge is -2.61. The minimum atomic E-state index is -0.430. The Kier molecular flexibility index (Phi) is 3.88. The fourth-order valence-electron chi connectivity index (χ4n) is 8.04. The molecule has 0 bridgehead atoms. The summed E-state index contributed by atoms with van der Waals surface area (Å²) in [4.78, 5) is 24.1. The van der Waals surface area contributed by atoms with Gasteiger partial charge in [-0.2, -0.15) is 0 Å². The Hall–Kier alpha value is -1.68. The minimum Gasteiger partial charge on any atom is -0.451 e. The van der Waals surface area contributed by atoms with Gasteiger partial charge in [-0.1, -0.05) is 13.0 Å². The molecule has 1 heterocycles. The largest absolute Gasteiger partial charge is 0.451 e. The van der Waals surface area contributed by atoms with E-state index in [1.165, 1.54) is 0 Å². The van der Waals surface area contributed by atoms with Crippen molar-refractivity contribution in [2.24, 2.45) is 34.8 Å². The lowest BCUT2D eigenvalue weighted by atomic mass is 9.45. The molecule has 0 radical (unpaired) electrons. The van der Waals surface area contributed by atoms with Gasteiger partial charge in [0, 0.05) is 23.5 Å². The van der Waals surface area contributed by atoms with E-state index < -0.39 is 5.60 Å². The van der Waals surface area contributed by atoms with Gasteiger partial charge in [-0.3, -0.25) is 4.79 Å². The Balaban J connectivity index is 1.59. The molecule has 4 aliphatic carbocycles. The first-order chi connectivity index (χ1) is 13.4. The Labute approximate surface area is 167 Å².